The van der Waals surface area contributed by atoms with Crippen LogP contribution in [0.2, 0.25) is 0 Å². The van der Waals surface area contributed by atoms with E-state index in [0.29, 0.717) is 0 Å². The first-order valence-corrected chi connectivity index (χ1v) is 10.9. The molecule has 0 N–H and O–H groups in total. The van der Waals surface area contributed by atoms with Gasteiger partial charge >= 0.3 is 0 Å². The van der Waals surface area contributed by atoms with Crippen molar-refractivity contribution < 1.29 is 0 Å². The van der Waals surface area contributed by atoms with Gasteiger partial charge in [0.2, 0.25) is 0 Å². The van der Waals surface area contributed by atoms with E-state index in [4.69, 9.17) is 0 Å². The van der Waals surface area contributed by atoms with Gasteiger partial charge in [0.1, 0.15) is 0 Å². The zero-order valence-corrected chi connectivity index (χ0v) is 17.6. The Balaban J connectivity index is 1.59. The number of aryl methyl sites for hydroxylation is 2. The van der Waals surface area contributed by atoms with Crippen molar-refractivity contribution in [2.24, 2.45) is 0 Å². The average Bonchev–Trinajstić information content (AvgIpc) is 2.70. The van der Waals surface area contributed by atoms with Crippen LogP contribution >= 0.6 is 0 Å². The van der Waals surface area contributed by atoms with Gasteiger partial charge in [-0.1, -0.05) is 111 Å². The second-order valence-corrected chi connectivity index (χ2v) is 8.09. The fraction of sp³-hybridized carbons (Fsp3) is 0.357. The molecule has 146 valence electrons. The third-order valence-electron chi connectivity index (χ3n) is 5.58. The first-order valence-electron chi connectivity index (χ1n) is 10.9. The summed E-state index contributed by atoms with van der Waals surface area (Å²) in [7, 11) is 0. The summed E-state index contributed by atoms with van der Waals surface area (Å²) in [5.74, 6) is 0. The molecular weight excluding hydrogens is 336 g/mol. The van der Waals surface area contributed by atoms with Crippen LogP contribution in [0.4, 0.5) is 0 Å². The number of benzene rings is 3. The van der Waals surface area contributed by atoms with Crippen molar-refractivity contribution in [2.45, 2.75) is 65.2 Å². The number of hydrogen-bond donors (Lipinski definition) is 0. The van der Waals surface area contributed by atoms with E-state index in [1.807, 2.05) is 0 Å². The molecule has 0 aliphatic carbocycles. The molecule has 0 fully saturated rings. The SMILES string of the molecule is CCCCCCCc1ccccc1Cc1ccc(Cc2cccc(C)c2)cc1. The summed E-state index contributed by atoms with van der Waals surface area (Å²) in [6.45, 7) is 4.44. The highest BCUT2D eigenvalue weighted by molar-refractivity contribution is 5.35. The molecule has 0 saturated carbocycles. The van der Waals surface area contributed by atoms with E-state index in [1.165, 1.54) is 71.9 Å². The summed E-state index contributed by atoms with van der Waals surface area (Å²) in [4.78, 5) is 0. The summed E-state index contributed by atoms with van der Waals surface area (Å²) < 4.78 is 0. The number of hydrogen-bond acceptors (Lipinski definition) is 0. The fourth-order valence-electron chi connectivity index (χ4n) is 3.95. The number of rotatable bonds is 10. The molecule has 3 rings (SSSR count). The zero-order chi connectivity index (χ0) is 19.6. The zero-order valence-electron chi connectivity index (χ0n) is 17.6. The minimum absolute atomic E-state index is 1.01. The minimum atomic E-state index is 1.01. The van der Waals surface area contributed by atoms with E-state index >= 15 is 0 Å². The van der Waals surface area contributed by atoms with Gasteiger partial charge in [0, 0.05) is 0 Å². The molecule has 0 heterocycles. The fourth-order valence-corrected chi connectivity index (χ4v) is 3.95. The molecule has 0 aliphatic rings. The van der Waals surface area contributed by atoms with E-state index in [2.05, 4.69) is 86.6 Å². The van der Waals surface area contributed by atoms with Crippen molar-refractivity contribution >= 4 is 0 Å². The molecule has 28 heavy (non-hydrogen) atoms. The molecule has 0 heteroatoms. The van der Waals surface area contributed by atoms with E-state index in [9.17, 15) is 0 Å². The maximum Gasteiger partial charge on any atom is -0.00230 e. The van der Waals surface area contributed by atoms with Crippen molar-refractivity contribution in [3.63, 3.8) is 0 Å². The first-order chi connectivity index (χ1) is 13.7. The highest BCUT2D eigenvalue weighted by atomic mass is 14.1. The molecule has 0 aromatic heterocycles. The predicted octanol–water partition coefficient (Wildman–Crippen LogP) is 7.69. The maximum atomic E-state index is 2.32. The second-order valence-electron chi connectivity index (χ2n) is 8.09. The summed E-state index contributed by atoms with van der Waals surface area (Å²) in [6.07, 6.45) is 9.99. The third kappa shape index (κ3) is 6.37. The van der Waals surface area contributed by atoms with Crippen LogP contribution < -0.4 is 0 Å². The van der Waals surface area contributed by atoms with Crippen LogP contribution in [0.5, 0.6) is 0 Å². The average molecular weight is 371 g/mol. The lowest BCUT2D eigenvalue weighted by molar-refractivity contribution is 0.631. The van der Waals surface area contributed by atoms with Crippen LogP contribution in [0.3, 0.4) is 0 Å². The van der Waals surface area contributed by atoms with E-state index in [1.54, 1.807) is 0 Å². The molecule has 0 aliphatic heterocycles. The van der Waals surface area contributed by atoms with Gasteiger partial charge in [-0.2, -0.15) is 0 Å². The highest BCUT2D eigenvalue weighted by Gasteiger charge is 2.04. The van der Waals surface area contributed by atoms with Crippen molar-refractivity contribution in [1.82, 2.24) is 0 Å². The lowest BCUT2D eigenvalue weighted by Gasteiger charge is -2.11. The molecule has 0 saturated heterocycles. The van der Waals surface area contributed by atoms with Gasteiger partial charge in [-0.25, -0.2) is 0 Å². The Morgan fingerprint density at radius 3 is 1.96 bits per heavy atom. The molecule has 0 radical (unpaired) electrons. The molecule has 0 bridgehead atoms. The maximum absolute atomic E-state index is 2.32. The molecule has 0 spiro atoms. The van der Waals surface area contributed by atoms with E-state index < -0.39 is 0 Å². The van der Waals surface area contributed by atoms with Gasteiger partial charge in [-0.05, 0) is 60.4 Å². The van der Waals surface area contributed by atoms with Gasteiger partial charge in [0.15, 0.2) is 0 Å². The predicted molar refractivity (Wildman–Crippen MR) is 122 cm³/mol. The monoisotopic (exact) mass is 370 g/mol. The van der Waals surface area contributed by atoms with Crippen LogP contribution in [0.25, 0.3) is 0 Å². The van der Waals surface area contributed by atoms with E-state index in [0.717, 1.165) is 12.8 Å². The third-order valence-corrected chi connectivity index (χ3v) is 5.58. The van der Waals surface area contributed by atoms with Gasteiger partial charge in [-0.3, -0.25) is 0 Å². The molecule has 3 aromatic rings. The quantitative estimate of drug-likeness (QED) is 0.321. The molecule has 0 unspecified atom stereocenters. The summed E-state index contributed by atoms with van der Waals surface area (Å²) in [6, 6.07) is 27.0. The van der Waals surface area contributed by atoms with Crippen LogP contribution in [0.15, 0.2) is 72.8 Å². The Hall–Kier alpha value is -2.34. The molecule has 0 amide bonds. The Kier molecular flexibility index (Phi) is 7.91. The second kappa shape index (κ2) is 10.9. The molecule has 3 aromatic carbocycles. The minimum Gasteiger partial charge on any atom is -0.0654 e. The smallest absolute Gasteiger partial charge is 0.00230 e. The van der Waals surface area contributed by atoms with Crippen molar-refractivity contribution in [3.8, 4) is 0 Å². The van der Waals surface area contributed by atoms with Crippen molar-refractivity contribution in [2.75, 3.05) is 0 Å². The van der Waals surface area contributed by atoms with Crippen molar-refractivity contribution in [1.29, 1.82) is 0 Å². The molecular formula is C28H34. The standard InChI is InChI=1S/C28H34/c1-3-4-5-6-7-13-27-14-8-9-15-28(27)22-25-18-16-24(17-19-25)21-26-12-10-11-23(2)20-26/h8-12,14-20H,3-7,13,21-22H2,1-2H3. The first kappa shape index (κ1) is 20.4. The van der Waals surface area contributed by atoms with Crippen LogP contribution in [0.1, 0.15) is 72.4 Å². The molecule has 0 atom stereocenters. The van der Waals surface area contributed by atoms with Crippen LogP contribution in [-0.2, 0) is 19.3 Å². The lowest BCUT2D eigenvalue weighted by Crippen LogP contribution is -1.97. The van der Waals surface area contributed by atoms with Gasteiger partial charge in [0.05, 0.1) is 0 Å². The van der Waals surface area contributed by atoms with Crippen molar-refractivity contribution in [3.05, 3.63) is 106 Å². The Morgan fingerprint density at radius 1 is 0.571 bits per heavy atom. The number of unbranched alkanes of at least 4 members (excludes halogenated alkanes) is 4. The highest BCUT2D eigenvalue weighted by Crippen LogP contribution is 2.19. The summed E-state index contributed by atoms with van der Waals surface area (Å²) in [5.41, 5.74) is 8.54. The topological polar surface area (TPSA) is 0 Å². The van der Waals surface area contributed by atoms with Gasteiger partial charge in [0.25, 0.3) is 0 Å². The Bertz CT molecular complexity index is 842. The summed E-state index contributed by atoms with van der Waals surface area (Å²) in [5, 5.41) is 0. The van der Waals surface area contributed by atoms with Gasteiger partial charge in [-0.15, -0.1) is 0 Å². The molecule has 0 nitrogen and oxygen atoms in total. The Labute approximate surface area is 171 Å². The van der Waals surface area contributed by atoms with E-state index in [-0.39, 0.29) is 0 Å². The van der Waals surface area contributed by atoms with Gasteiger partial charge < -0.3 is 0 Å². The lowest BCUT2D eigenvalue weighted by atomic mass is 9.95. The Morgan fingerprint density at radius 2 is 1.25 bits per heavy atom. The normalized spacial score (nSPS) is 10.9. The van der Waals surface area contributed by atoms with Crippen LogP contribution in [0, 0.1) is 6.92 Å². The van der Waals surface area contributed by atoms with Crippen LogP contribution in [-0.4, -0.2) is 0 Å². The largest absolute Gasteiger partial charge is 0.0654 e. The summed E-state index contributed by atoms with van der Waals surface area (Å²) >= 11 is 0.